The molecule has 0 saturated carbocycles. The predicted molar refractivity (Wildman–Crippen MR) is 82.1 cm³/mol. The highest BCUT2D eigenvalue weighted by atomic mass is 16.3. The van der Waals surface area contributed by atoms with E-state index in [1.165, 1.54) is 4.90 Å². The number of urea groups is 1. The van der Waals surface area contributed by atoms with E-state index in [2.05, 4.69) is 5.32 Å². The summed E-state index contributed by atoms with van der Waals surface area (Å²) < 4.78 is 5.73. The van der Waals surface area contributed by atoms with Crippen LogP contribution in [0.4, 0.5) is 4.79 Å². The molecule has 0 aliphatic rings. The van der Waals surface area contributed by atoms with Crippen LogP contribution in [-0.2, 0) is 0 Å². The van der Waals surface area contributed by atoms with Crippen molar-refractivity contribution in [1.82, 2.24) is 10.2 Å². The average molecular weight is 290 g/mol. The van der Waals surface area contributed by atoms with Crippen molar-refractivity contribution < 1.29 is 14.3 Å². The minimum absolute atomic E-state index is 0.242. The smallest absolute Gasteiger partial charge is 0.317 e. The fourth-order valence-corrected chi connectivity index (χ4v) is 2.23. The number of benzene rings is 1. The zero-order chi connectivity index (χ0) is 15.6. The number of nitrogens with zero attached hydrogens (tertiary/aromatic N) is 1. The maximum atomic E-state index is 12.1. The number of carbonyl (C=O) groups excluding carboxylic acids is 1. The molecule has 114 valence electrons. The van der Waals surface area contributed by atoms with Crippen LogP contribution >= 0.6 is 0 Å². The van der Waals surface area contributed by atoms with E-state index in [9.17, 15) is 9.90 Å². The molecule has 5 heteroatoms. The number of para-hydroxylation sites is 1. The largest absolute Gasteiger partial charge is 0.459 e. The van der Waals surface area contributed by atoms with Crippen molar-refractivity contribution in [3.8, 4) is 0 Å². The Balaban J connectivity index is 2.03. The first-order valence-corrected chi connectivity index (χ1v) is 6.99. The highest BCUT2D eigenvalue weighted by molar-refractivity contribution is 5.78. The molecule has 2 rings (SSSR count). The quantitative estimate of drug-likeness (QED) is 0.910. The monoisotopic (exact) mass is 290 g/mol. The van der Waals surface area contributed by atoms with E-state index in [1.807, 2.05) is 37.3 Å². The molecule has 0 aliphatic carbocycles. The van der Waals surface area contributed by atoms with E-state index >= 15 is 0 Å². The van der Waals surface area contributed by atoms with Gasteiger partial charge in [0.15, 0.2) is 0 Å². The van der Waals surface area contributed by atoms with E-state index < -0.39 is 5.60 Å². The zero-order valence-electron chi connectivity index (χ0n) is 12.9. The summed E-state index contributed by atoms with van der Waals surface area (Å²) >= 11 is 0. The number of furan rings is 1. The van der Waals surface area contributed by atoms with Crippen LogP contribution in [-0.4, -0.2) is 35.2 Å². The second-order valence-electron chi connectivity index (χ2n) is 6.03. The maximum Gasteiger partial charge on any atom is 0.317 e. The molecular formula is C16H22N2O3. The molecule has 1 aromatic carbocycles. The Morgan fingerprint density at radius 1 is 1.43 bits per heavy atom. The third-order valence-corrected chi connectivity index (χ3v) is 3.18. The van der Waals surface area contributed by atoms with Gasteiger partial charge in [-0.05, 0) is 32.9 Å². The molecule has 21 heavy (non-hydrogen) atoms. The van der Waals surface area contributed by atoms with Gasteiger partial charge in [-0.25, -0.2) is 4.79 Å². The molecule has 0 fully saturated rings. The first-order chi connectivity index (χ1) is 9.76. The van der Waals surface area contributed by atoms with Crippen molar-refractivity contribution >= 4 is 17.0 Å². The number of hydrogen-bond donors (Lipinski definition) is 2. The summed E-state index contributed by atoms with van der Waals surface area (Å²) in [5.74, 6) is 0.709. The summed E-state index contributed by atoms with van der Waals surface area (Å²) in [6.45, 7) is 5.46. The van der Waals surface area contributed by atoms with Crippen molar-refractivity contribution in [3.63, 3.8) is 0 Å². The highest BCUT2D eigenvalue weighted by Crippen LogP contribution is 2.23. The Labute approximate surface area is 124 Å². The van der Waals surface area contributed by atoms with Gasteiger partial charge in [-0.3, -0.25) is 0 Å². The topological polar surface area (TPSA) is 65.7 Å². The summed E-state index contributed by atoms with van der Waals surface area (Å²) in [5.41, 5.74) is -0.118. The minimum Gasteiger partial charge on any atom is -0.459 e. The number of likely N-dealkylation sites (N-methyl/N-ethyl adjacent to an activating group) is 1. The molecule has 1 unspecified atom stereocenters. The Bertz CT molecular complexity index is 595. The van der Waals surface area contributed by atoms with Gasteiger partial charge in [-0.2, -0.15) is 0 Å². The Kier molecular flexibility index (Phi) is 4.23. The van der Waals surface area contributed by atoms with Gasteiger partial charge in [0.2, 0.25) is 0 Å². The van der Waals surface area contributed by atoms with Crippen LogP contribution in [0.1, 0.15) is 32.6 Å². The Morgan fingerprint density at radius 3 is 2.71 bits per heavy atom. The van der Waals surface area contributed by atoms with Gasteiger partial charge in [0.25, 0.3) is 0 Å². The van der Waals surface area contributed by atoms with E-state index in [0.717, 1.165) is 11.0 Å². The van der Waals surface area contributed by atoms with Crippen molar-refractivity contribution in [2.75, 3.05) is 13.6 Å². The predicted octanol–water partition coefficient (Wildman–Crippen LogP) is 2.91. The third kappa shape index (κ3) is 3.98. The standard InChI is InChI=1S/C16H22N2O3/c1-11(17-15(19)18(4)10-16(2,3)20)14-9-12-7-5-6-8-13(12)21-14/h5-9,11,20H,10H2,1-4H3,(H,17,19). The average Bonchev–Trinajstić information content (AvgIpc) is 2.80. The van der Waals surface area contributed by atoms with Crippen LogP contribution in [0, 0.1) is 0 Å². The maximum absolute atomic E-state index is 12.1. The Hall–Kier alpha value is -2.01. The van der Waals surface area contributed by atoms with Gasteiger partial charge < -0.3 is 19.7 Å². The lowest BCUT2D eigenvalue weighted by atomic mass is 10.1. The van der Waals surface area contributed by atoms with E-state index in [4.69, 9.17) is 4.42 Å². The van der Waals surface area contributed by atoms with E-state index in [-0.39, 0.29) is 18.6 Å². The highest BCUT2D eigenvalue weighted by Gasteiger charge is 2.21. The minimum atomic E-state index is -0.922. The molecule has 1 atom stereocenters. The van der Waals surface area contributed by atoms with Gasteiger partial charge in [0, 0.05) is 12.4 Å². The van der Waals surface area contributed by atoms with E-state index in [0.29, 0.717) is 5.76 Å². The fourth-order valence-electron chi connectivity index (χ4n) is 2.23. The van der Waals surface area contributed by atoms with E-state index in [1.54, 1.807) is 20.9 Å². The molecular weight excluding hydrogens is 268 g/mol. The number of hydrogen-bond acceptors (Lipinski definition) is 3. The molecule has 0 radical (unpaired) electrons. The van der Waals surface area contributed by atoms with Crippen LogP contribution in [0.5, 0.6) is 0 Å². The van der Waals surface area contributed by atoms with Gasteiger partial charge in [0.1, 0.15) is 11.3 Å². The summed E-state index contributed by atoms with van der Waals surface area (Å²) in [5, 5.41) is 13.6. The van der Waals surface area contributed by atoms with Crippen molar-refractivity contribution in [2.45, 2.75) is 32.4 Å². The molecule has 0 saturated heterocycles. The number of fused-ring (bicyclic) bond motifs is 1. The number of aliphatic hydroxyl groups is 1. The van der Waals surface area contributed by atoms with Crippen molar-refractivity contribution in [1.29, 1.82) is 0 Å². The first-order valence-electron chi connectivity index (χ1n) is 6.99. The van der Waals surface area contributed by atoms with Crippen molar-refractivity contribution in [2.24, 2.45) is 0 Å². The number of rotatable bonds is 4. The molecule has 1 heterocycles. The second-order valence-corrected chi connectivity index (χ2v) is 6.03. The Morgan fingerprint density at radius 2 is 2.10 bits per heavy atom. The normalized spacial score (nSPS) is 13.2. The first kappa shape index (κ1) is 15.4. The van der Waals surface area contributed by atoms with Gasteiger partial charge in [-0.1, -0.05) is 18.2 Å². The van der Waals surface area contributed by atoms with Gasteiger partial charge in [-0.15, -0.1) is 0 Å². The second kappa shape index (κ2) is 5.77. The summed E-state index contributed by atoms with van der Waals surface area (Å²) in [6.07, 6.45) is 0. The summed E-state index contributed by atoms with van der Waals surface area (Å²) in [4.78, 5) is 13.5. The lowest BCUT2D eigenvalue weighted by Crippen LogP contribution is -2.45. The van der Waals surface area contributed by atoms with Crippen LogP contribution < -0.4 is 5.32 Å². The molecule has 1 aromatic heterocycles. The van der Waals surface area contributed by atoms with Crippen molar-refractivity contribution in [3.05, 3.63) is 36.1 Å². The number of amides is 2. The molecule has 2 amide bonds. The zero-order valence-corrected chi connectivity index (χ0v) is 12.9. The van der Waals surface area contributed by atoms with Crippen LogP contribution in [0.25, 0.3) is 11.0 Å². The molecule has 0 bridgehead atoms. The number of carbonyl (C=O) groups is 1. The molecule has 5 nitrogen and oxygen atoms in total. The molecule has 0 aliphatic heterocycles. The lowest BCUT2D eigenvalue weighted by molar-refractivity contribution is 0.0527. The van der Waals surface area contributed by atoms with Crippen LogP contribution in [0.2, 0.25) is 0 Å². The summed E-state index contributed by atoms with van der Waals surface area (Å²) in [6, 6.07) is 9.17. The van der Waals surface area contributed by atoms with Gasteiger partial charge >= 0.3 is 6.03 Å². The lowest BCUT2D eigenvalue weighted by Gasteiger charge is -2.26. The SMILES string of the molecule is CC(NC(=O)N(C)CC(C)(C)O)c1cc2ccccc2o1. The number of nitrogens with one attached hydrogen (secondary N) is 1. The van der Waals surface area contributed by atoms with Gasteiger partial charge in [0.05, 0.1) is 18.2 Å². The summed E-state index contributed by atoms with van der Waals surface area (Å²) in [7, 11) is 1.65. The molecule has 2 N–H and O–H groups in total. The fraction of sp³-hybridized carbons (Fsp3) is 0.438. The van der Waals surface area contributed by atoms with Crippen LogP contribution in [0.15, 0.2) is 34.7 Å². The molecule has 0 spiro atoms. The molecule has 2 aromatic rings. The van der Waals surface area contributed by atoms with Crippen LogP contribution in [0.3, 0.4) is 0 Å². The third-order valence-electron chi connectivity index (χ3n) is 3.18.